The zero-order valence-corrected chi connectivity index (χ0v) is 12.5. The van der Waals surface area contributed by atoms with Gasteiger partial charge < -0.3 is 5.32 Å². The van der Waals surface area contributed by atoms with Gasteiger partial charge in [0.1, 0.15) is 5.82 Å². The van der Waals surface area contributed by atoms with Crippen LogP contribution in [0.5, 0.6) is 0 Å². The maximum absolute atomic E-state index is 13.3. The Balaban J connectivity index is 2.00. The van der Waals surface area contributed by atoms with Crippen LogP contribution in [0.2, 0.25) is 0 Å². The van der Waals surface area contributed by atoms with Gasteiger partial charge >= 0.3 is 0 Å². The summed E-state index contributed by atoms with van der Waals surface area (Å²) >= 11 is 3.30. The summed E-state index contributed by atoms with van der Waals surface area (Å²) in [7, 11) is 1.67. The molecule has 104 valence electrons. The number of nitrogens with one attached hydrogen (secondary N) is 1. The van der Waals surface area contributed by atoms with Crippen molar-refractivity contribution in [1.29, 1.82) is 0 Å². The van der Waals surface area contributed by atoms with Crippen LogP contribution in [0.25, 0.3) is 0 Å². The van der Waals surface area contributed by atoms with Crippen molar-refractivity contribution in [3.8, 4) is 0 Å². The van der Waals surface area contributed by atoms with Gasteiger partial charge in [-0.3, -0.25) is 9.69 Å². The Bertz CT molecular complexity index is 447. The predicted molar refractivity (Wildman–Crippen MR) is 76.2 cm³/mol. The van der Waals surface area contributed by atoms with Gasteiger partial charge in [0.2, 0.25) is 5.91 Å². The van der Waals surface area contributed by atoms with E-state index in [0.717, 1.165) is 36.0 Å². The fourth-order valence-corrected chi connectivity index (χ4v) is 3.09. The Kier molecular flexibility index (Phi) is 4.93. The number of likely N-dealkylation sites (tertiary alicyclic amines) is 1. The van der Waals surface area contributed by atoms with Crippen LogP contribution in [0, 0.1) is 11.7 Å². The lowest BCUT2D eigenvalue weighted by atomic mass is 9.97. The molecule has 1 heterocycles. The first-order chi connectivity index (χ1) is 9.08. The number of hydrogen-bond acceptors (Lipinski definition) is 2. The highest BCUT2D eigenvalue weighted by Crippen LogP contribution is 2.21. The fraction of sp³-hybridized carbons (Fsp3) is 0.500. The summed E-state index contributed by atoms with van der Waals surface area (Å²) in [5.74, 6) is -0.0786. The Morgan fingerprint density at radius 2 is 2.32 bits per heavy atom. The van der Waals surface area contributed by atoms with Crippen molar-refractivity contribution in [2.45, 2.75) is 19.4 Å². The Morgan fingerprint density at radius 1 is 1.53 bits per heavy atom. The van der Waals surface area contributed by atoms with Gasteiger partial charge in [-0.2, -0.15) is 0 Å². The SMILES string of the molecule is CNC(=O)C1CCCN(Cc2cc(F)cc(Br)c2)C1. The third-order valence-corrected chi connectivity index (χ3v) is 3.91. The highest BCUT2D eigenvalue weighted by molar-refractivity contribution is 9.10. The fourth-order valence-electron chi connectivity index (χ4n) is 2.58. The average Bonchev–Trinajstić information content (AvgIpc) is 2.37. The number of carbonyl (C=O) groups is 1. The second-order valence-electron chi connectivity index (χ2n) is 4.97. The normalized spacial score (nSPS) is 20.3. The summed E-state index contributed by atoms with van der Waals surface area (Å²) in [5.41, 5.74) is 0.935. The smallest absolute Gasteiger partial charge is 0.224 e. The molecule has 1 unspecified atom stereocenters. The van der Waals surface area contributed by atoms with Gasteiger partial charge in [0.05, 0.1) is 5.92 Å². The van der Waals surface area contributed by atoms with Gasteiger partial charge in [-0.05, 0) is 43.1 Å². The molecule has 1 amide bonds. The average molecular weight is 329 g/mol. The van der Waals surface area contributed by atoms with Crippen LogP contribution in [-0.2, 0) is 11.3 Å². The molecule has 0 bridgehead atoms. The van der Waals surface area contributed by atoms with E-state index in [1.54, 1.807) is 13.1 Å². The van der Waals surface area contributed by atoms with Gasteiger partial charge in [0, 0.05) is 24.6 Å². The molecule has 2 rings (SSSR count). The van der Waals surface area contributed by atoms with Gasteiger partial charge in [-0.25, -0.2) is 4.39 Å². The van der Waals surface area contributed by atoms with Gasteiger partial charge in [0.15, 0.2) is 0 Å². The monoisotopic (exact) mass is 328 g/mol. The van der Waals surface area contributed by atoms with Crippen LogP contribution in [0.4, 0.5) is 4.39 Å². The third-order valence-electron chi connectivity index (χ3n) is 3.45. The molecule has 1 aromatic carbocycles. The zero-order chi connectivity index (χ0) is 13.8. The van der Waals surface area contributed by atoms with E-state index < -0.39 is 0 Å². The first-order valence-corrected chi connectivity index (χ1v) is 7.26. The van der Waals surface area contributed by atoms with E-state index in [9.17, 15) is 9.18 Å². The lowest BCUT2D eigenvalue weighted by Crippen LogP contribution is -2.41. The lowest BCUT2D eigenvalue weighted by molar-refractivity contribution is -0.126. The highest BCUT2D eigenvalue weighted by atomic mass is 79.9. The predicted octanol–water partition coefficient (Wildman–Crippen LogP) is 2.55. The highest BCUT2D eigenvalue weighted by Gasteiger charge is 2.24. The molecule has 1 fully saturated rings. The van der Waals surface area contributed by atoms with Crippen molar-refractivity contribution in [3.63, 3.8) is 0 Å². The van der Waals surface area contributed by atoms with Crippen LogP contribution in [0.1, 0.15) is 18.4 Å². The largest absolute Gasteiger partial charge is 0.359 e. The number of benzene rings is 1. The van der Waals surface area contributed by atoms with Crippen molar-refractivity contribution in [1.82, 2.24) is 10.2 Å². The number of amides is 1. The number of piperidine rings is 1. The van der Waals surface area contributed by atoms with E-state index in [0.29, 0.717) is 6.54 Å². The van der Waals surface area contributed by atoms with Crippen LogP contribution in [-0.4, -0.2) is 30.9 Å². The summed E-state index contributed by atoms with van der Waals surface area (Å²) < 4.78 is 14.1. The van der Waals surface area contributed by atoms with Gasteiger partial charge in [-0.15, -0.1) is 0 Å². The van der Waals surface area contributed by atoms with Crippen molar-refractivity contribution >= 4 is 21.8 Å². The molecular formula is C14H18BrFN2O. The van der Waals surface area contributed by atoms with E-state index in [1.165, 1.54) is 6.07 Å². The topological polar surface area (TPSA) is 32.3 Å². The third kappa shape index (κ3) is 4.01. The van der Waals surface area contributed by atoms with E-state index in [4.69, 9.17) is 0 Å². The van der Waals surface area contributed by atoms with Crippen molar-refractivity contribution < 1.29 is 9.18 Å². The summed E-state index contributed by atoms with van der Waals surface area (Å²) in [4.78, 5) is 13.9. The summed E-state index contributed by atoms with van der Waals surface area (Å²) in [5, 5.41) is 2.70. The maximum Gasteiger partial charge on any atom is 0.224 e. The molecule has 0 aromatic heterocycles. The molecule has 1 aromatic rings. The van der Waals surface area contributed by atoms with Crippen molar-refractivity contribution in [2.24, 2.45) is 5.92 Å². The van der Waals surface area contributed by atoms with Crippen LogP contribution < -0.4 is 5.32 Å². The van der Waals surface area contributed by atoms with Crippen LogP contribution >= 0.6 is 15.9 Å². The number of rotatable bonds is 3. The molecular weight excluding hydrogens is 311 g/mol. The first kappa shape index (κ1) is 14.5. The Morgan fingerprint density at radius 3 is 3.00 bits per heavy atom. The standard InChI is InChI=1S/C14H18BrFN2O/c1-17-14(19)11-3-2-4-18(9-11)8-10-5-12(15)7-13(16)6-10/h5-7,11H,2-4,8-9H2,1H3,(H,17,19). The van der Waals surface area contributed by atoms with E-state index in [2.05, 4.69) is 26.1 Å². The quantitative estimate of drug-likeness (QED) is 0.924. The van der Waals surface area contributed by atoms with Crippen LogP contribution in [0.15, 0.2) is 22.7 Å². The molecule has 1 N–H and O–H groups in total. The summed E-state index contributed by atoms with van der Waals surface area (Å²) in [6.45, 7) is 2.39. The molecule has 1 saturated heterocycles. The van der Waals surface area contributed by atoms with Crippen molar-refractivity contribution in [3.05, 3.63) is 34.1 Å². The number of hydrogen-bond donors (Lipinski definition) is 1. The minimum Gasteiger partial charge on any atom is -0.359 e. The van der Waals surface area contributed by atoms with E-state index in [1.807, 2.05) is 6.07 Å². The van der Waals surface area contributed by atoms with E-state index >= 15 is 0 Å². The maximum atomic E-state index is 13.3. The zero-order valence-electron chi connectivity index (χ0n) is 11.0. The second kappa shape index (κ2) is 6.48. The molecule has 0 spiro atoms. The molecule has 1 aliphatic heterocycles. The minimum atomic E-state index is -0.232. The van der Waals surface area contributed by atoms with Crippen molar-refractivity contribution in [2.75, 3.05) is 20.1 Å². The second-order valence-corrected chi connectivity index (χ2v) is 5.88. The molecule has 3 nitrogen and oxygen atoms in total. The molecule has 1 aliphatic rings. The molecule has 0 aliphatic carbocycles. The lowest BCUT2D eigenvalue weighted by Gasteiger charge is -2.31. The summed E-state index contributed by atoms with van der Waals surface area (Å²) in [6.07, 6.45) is 1.94. The summed E-state index contributed by atoms with van der Waals surface area (Å²) in [6, 6.07) is 4.92. The molecule has 0 radical (unpaired) electrons. The Hall–Kier alpha value is -0.940. The molecule has 19 heavy (non-hydrogen) atoms. The molecule has 5 heteroatoms. The van der Waals surface area contributed by atoms with Gasteiger partial charge in [-0.1, -0.05) is 15.9 Å². The van der Waals surface area contributed by atoms with Crippen LogP contribution in [0.3, 0.4) is 0 Å². The number of halogens is 2. The van der Waals surface area contributed by atoms with Gasteiger partial charge in [0.25, 0.3) is 0 Å². The number of nitrogens with zero attached hydrogens (tertiary/aromatic N) is 1. The molecule has 1 atom stereocenters. The van der Waals surface area contributed by atoms with E-state index in [-0.39, 0.29) is 17.6 Å². The molecule has 0 saturated carbocycles. The number of carbonyl (C=O) groups excluding carboxylic acids is 1. The first-order valence-electron chi connectivity index (χ1n) is 6.47. The Labute approximate surface area is 121 Å². The minimum absolute atomic E-state index is 0.0516.